The molecule has 0 spiro atoms. The number of carbonyl (C=O) groups is 2. The van der Waals surface area contributed by atoms with Crippen LogP contribution < -0.4 is 0 Å². The van der Waals surface area contributed by atoms with E-state index in [1.165, 1.54) is 4.90 Å². The molecular weight excluding hydrogens is 310 g/mol. The Bertz CT molecular complexity index is 596. The summed E-state index contributed by atoms with van der Waals surface area (Å²) in [5.41, 5.74) is -1.39. The Morgan fingerprint density at radius 2 is 1.91 bits per heavy atom. The van der Waals surface area contributed by atoms with Gasteiger partial charge in [-0.1, -0.05) is 0 Å². The van der Waals surface area contributed by atoms with Crippen LogP contribution in [0.4, 0.5) is 13.6 Å². The number of rotatable bonds is 2. The molecule has 2 heterocycles. The summed E-state index contributed by atoms with van der Waals surface area (Å²) in [6.45, 7) is 5.33. The van der Waals surface area contributed by atoms with E-state index in [-0.39, 0.29) is 19.7 Å². The molecule has 1 aliphatic rings. The molecular formula is C15H18F2N2O4. The number of aromatic nitrogens is 1. The van der Waals surface area contributed by atoms with Crippen LogP contribution in [0.25, 0.3) is 0 Å². The van der Waals surface area contributed by atoms with Gasteiger partial charge in [0.25, 0.3) is 0 Å². The van der Waals surface area contributed by atoms with Crippen LogP contribution in [-0.4, -0.2) is 53.2 Å². The maximum atomic E-state index is 13.6. The topological polar surface area (TPSA) is 68.7 Å². The lowest BCUT2D eigenvalue weighted by atomic mass is 10.1. The normalized spacial score (nSPS) is 18.7. The van der Waals surface area contributed by atoms with Gasteiger partial charge in [-0.25, -0.2) is 13.6 Å². The van der Waals surface area contributed by atoms with E-state index in [2.05, 4.69) is 4.98 Å². The summed E-state index contributed by atoms with van der Waals surface area (Å²) in [5, 5.41) is 0. The molecule has 1 atom stereocenters. The van der Waals surface area contributed by atoms with Crippen molar-refractivity contribution >= 4 is 11.9 Å². The molecule has 126 valence electrons. The lowest BCUT2D eigenvalue weighted by Crippen LogP contribution is -2.50. The van der Waals surface area contributed by atoms with E-state index in [9.17, 15) is 18.4 Å². The zero-order valence-corrected chi connectivity index (χ0v) is 13.1. The second-order valence-electron chi connectivity index (χ2n) is 6.13. The van der Waals surface area contributed by atoms with Crippen molar-refractivity contribution in [1.82, 2.24) is 9.88 Å². The van der Waals surface area contributed by atoms with Crippen molar-refractivity contribution in [3.63, 3.8) is 0 Å². The van der Waals surface area contributed by atoms with Crippen LogP contribution in [0.1, 0.15) is 31.1 Å². The average molecular weight is 328 g/mol. The zero-order chi connectivity index (χ0) is 17.2. The maximum absolute atomic E-state index is 13.6. The first-order valence-electron chi connectivity index (χ1n) is 7.12. The second-order valence-corrected chi connectivity index (χ2v) is 6.13. The van der Waals surface area contributed by atoms with Crippen LogP contribution in [0, 0.1) is 11.6 Å². The number of pyridine rings is 1. The first-order chi connectivity index (χ1) is 10.7. The van der Waals surface area contributed by atoms with Gasteiger partial charge in [-0.3, -0.25) is 9.78 Å². The largest absolute Gasteiger partial charge is 0.444 e. The third-order valence-electron chi connectivity index (χ3n) is 3.11. The van der Waals surface area contributed by atoms with E-state index in [0.29, 0.717) is 0 Å². The lowest BCUT2D eigenvalue weighted by Gasteiger charge is -2.33. The van der Waals surface area contributed by atoms with Crippen LogP contribution in [0.5, 0.6) is 0 Å². The SMILES string of the molecule is CC(C)(C)OC(=O)N1CCOC(C(=O)c2c(F)cncc2F)C1. The monoisotopic (exact) mass is 328 g/mol. The first-order valence-corrected chi connectivity index (χ1v) is 7.12. The van der Waals surface area contributed by atoms with E-state index in [4.69, 9.17) is 9.47 Å². The van der Waals surface area contributed by atoms with Crippen LogP contribution in [0.3, 0.4) is 0 Å². The number of ketones is 1. The summed E-state index contributed by atoms with van der Waals surface area (Å²) >= 11 is 0. The summed E-state index contributed by atoms with van der Waals surface area (Å²) in [6, 6.07) is 0. The summed E-state index contributed by atoms with van der Waals surface area (Å²) in [6.07, 6.45) is -0.243. The molecule has 0 aromatic carbocycles. The highest BCUT2D eigenvalue weighted by Crippen LogP contribution is 2.18. The maximum Gasteiger partial charge on any atom is 0.410 e. The Kier molecular flexibility index (Phi) is 4.93. The van der Waals surface area contributed by atoms with Crippen molar-refractivity contribution in [2.45, 2.75) is 32.5 Å². The Hall–Kier alpha value is -2.09. The van der Waals surface area contributed by atoms with E-state index < -0.39 is 40.8 Å². The fourth-order valence-electron chi connectivity index (χ4n) is 2.11. The van der Waals surface area contributed by atoms with Crippen molar-refractivity contribution in [2.75, 3.05) is 19.7 Å². The number of hydrogen-bond acceptors (Lipinski definition) is 5. The van der Waals surface area contributed by atoms with Gasteiger partial charge >= 0.3 is 6.09 Å². The highest BCUT2D eigenvalue weighted by Gasteiger charge is 2.34. The molecule has 0 saturated carbocycles. The molecule has 1 amide bonds. The van der Waals surface area contributed by atoms with Gasteiger partial charge < -0.3 is 14.4 Å². The van der Waals surface area contributed by atoms with Crippen molar-refractivity contribution in [3.8, 4) is 0 Å². The van der Waals surface area contributed by atoms with Crippen molar-refractivity contribution in [2.24, 2.45) is 0 Å². The van der Waals surface area contributed by atoms with Gasteiger partial charge in [0.15, 0.2) is 17.4 Å². The minimum atomic E-state index is -1.15. The predicted molar refractivity (Wildman–Crippen MR) is 76.0 cm³/mol. The molecule has 23 heavy (non-hydrogen) atoms. The lowest BCUT2D eigenvalue weighted by molar-refractivity contribution is -0.0323. The Balaban J connectivity index is 2.12. The molecule has 1 aromatic rings. The number of carbonyl (C=O) groups excluding carboxylic acids is 2. The number of halogens is 2. The molecule has 1 fully saturated rings. The van der Waals surface area contributed by atoms with E-state index >= 15 is 0 Å². The van der Waals surface area contributed by atoms with Gasteiger partial charge in [-0.15, -0.1) is 0 Å². The molecule has 1 aromatic heterocycles. The van der Waals surface area contributed by atoms with E-state index in [1.54, 1.807) is 20.8 Å². The molecule has 1 saturated heterocycles. The highest BCUT2D eigenvalue weighted by molar-refractivity contribution is 6.00. The Labute approximate surface area is 132 Å². The number of amides is 1. The number of ether oxygens (including phenoxy) is 2. The molecule has 6 nitrogen and oxygen atoms in total. The predicted octanol–water partition coefficient (Wildman–Crippen LogP) is 2.18. The second kappa shape index (κ2) is 6.57. The summed E-state index contributed by atoms with van der Waals surface area (Å²) in [7, 11) is 0. The molecule has 0 aliphatic carbocycles. The average Bonchev–Trinajstić information content (AvgIpc) is 2.45. The molecule has 0 N–H and O–H groups in total. The number of Topliss-reactive ketones (excluding diaryl/α,β-unsaturated/α-hetero) is 1. The minimum absolute atomic E-state index is 0.0734. The standard InChI is InChI=1S/C15H18F2N2O4/c1-15(2,3)23-14(21)19-4-5-22-11(8-19)13(20)12-9(16)6-18-7-10(12)17/h6-7,11H,4-5,8H2,1-3H3. The molecule has 0 bridgehead atoms. The third kappa shape index (κ3) is 4.22. The number of hydrogen-bond donors (Lipinski definition) is 0. The zero-order valence-electron chi connectivity index (χ0n) is 13.1. The molecule has 0 radical (unpaired) electrons. The molecule has 1 unspecified atom stereocenters. The Morgan fingerprint density at radius 3 is 2.48 bits per heavy atom. The molecule has 8 heteroatoms. The fraction of sp³-hybridized carbons (Fsp3) is 0.533. The smallest absolute Gasteiger partial charge is 0.410 e. The third-order valence-corrected chi connectivity index (χ3v) is 3.11. The van der Waals surface area contributed by atoms with Gasteiger partial charge in [0.2, 0.25) is 0 Å². The molecule has 2 rings (SSSR count). The van der Waals surface area contributed by atoms with E-state index in [1.807, 2.05) is 0 Å². The van der Waals surface area contributed by atoms with Crippen molar-refractivity contribution in [3.05, 3.63) is 29.6 Å². The number of nitrogens with zero attached hydrogens (tertiary/aromatic N) is 2. The van der Waals surface area contributed by atoms with Gasteiger partial charge in [0.1, 0.15) is 11.7 Å². The summed E-state index contributed by atoms with van der Waals surface area (Å²) < 4.78 is 37.8. The van der Waals surface area contributed by atoms with Crippen molar-refractivity contribution in [1.29, 1.82) is 0 Å². The quantitative estimate of drug-likeness (QED) is 0.778. The summed E-state index contributed by atoms with van der Waals surface area (Å²) in [5.74, 6) is -2.99. The number of morpholine rings is 1. The van der Waals surface area contributed by atoms with Gasteiger partial charge in [-0.05, 0) is 20.8 Å². The fourth-order valence-corrected chi connectivity index (χ4v) is 2.11. The van der Waals surface area contributed by atoms with Gasteiger partial charge in [0.05, 0.1) is 31.1 Å². The van der Waals surface area contributed by atoms with Gasteiger partial charge in [-0.2, -0.15) is 0 Å². The Morgan fingerprint density at radius 1 is 1.30 bits per heavy atom. The van der Waals surface area contributed by atoms with Crippen LogP contribution in [-0.2, 0) is 9.47 Å². The summed E-state index contributed by atoms with van der Waals surface area (Å²) in [4.78, 5) is 28.9. The molecule has 1 aliphatic heterocycles. The minimum Gasteiger partial charge on any atom is -0.444 e. The van der Waals surface area contributed by atoms with Crippen LogP contribution in [0.2, 0.25) is 0 Å². The van der Waals surface area contributed by atoms with Gasteiger partial charge in [0, 0.05) is 6.54 Å². The first kappa shape index (κ1) is 17.3. The highest BCUT2D eigenvalue weighted by atomic mass is 19.1. The van der Waals surface area contributed by atoms with E-state index in [0.717, 1.165) is 12.4 Å². The van der Waals surface area contributed by atoms with Crippen molar-refractivity contribution < 1.29 is 27.8 Å². The van der Waals surface area contributed by atoms with Crippen LogP contribution >= 0.6 is 0 Å². The van der Waals surface area contributed by atoms with Crippen LogP contribution in [0.15, 0.2) is 12.4 Å².